The number of carbonyl (C=O) groups excluding carboxylic acids is 1. The van der Waals surface area contributed by atoms with Gasteiger partial charge in [0.05, 0.1) is 19.3 Å². The number of halogens is 1. The van der Waals surface area contributed by atoms with Crippen LogP contribution in [-0.2, 0) is 9.53 Å². The summed E-state index contributed by atoms with van der Waals surface area (Å²) in [6.07, 6.45) is 1.22. The zero-order valence-corrected chi connectivity index (χ0v) is 13.0. The number of hydrogen-bond acceptors (Lipinski definition) is 3. The highest BCUT2D eigenvalue weighted by Crippen LogP contribution is 2.24. The van der Waals surface area contributed by atoms with Crippen molar-refractivity contribution >= 4 is 21.8 Å². The summed E-state index contributed by atoms with van der Waals surface area (Å²) in [5, 5.41) is 0. The standard InChI is InChI=1S/C15H19BrN2O2/c16-13-4-2-12(3-5-13)14-10-17(8-9-20-14)11-15(19)18-6-1-7-18/h2-5,14H,1,6-11H2/t14-/m0/s1. The molecule has 2 saturated heterocycles. The Balaban J connectivity index is 1.58. The van der Waals surface area contributed by atoms with Crippen LogP contribution in [0.15, 0.2) is 28.7 Å². The maximum Gasteiger partial charge on any atom is 0.236 e. The molecule has 0 unspecified atom stereocenters. The molecule has 2 aliphatic heterocycles. The highest BCUT2D eigenvalue weighted by Gasteiger charge is 2.26. The fourth-order valence-corrected chi connectivity index (χ4v) is 2.85. The smallest absolute Gasteiger partial charge is 0.236 e. The molecule has 0 bridgehead atoms. The van der Waals surface area contributed by atoms with E-state index in [9.17, 15) is 4.79 Å². The molecule has 0 aliphatic carbocycles. The van der Waals surface area contributed by atoms with Crippen molar-refractivity contribution in [3.8, 4) is 0 Å². The first-order chi connectivity index (χ1) is 9.72. The van der Waals surface area contributed by atoms with Crippen LogP contribution in [0.4, 0.5) is 0 Å². The number of rotatable bonds is 3. The van der Waals surface area contributed by atoms with Crippen molar-refractivity contribution < 1.29 is 9.53 Å². The number of nitrogens with zero attached hydrogens (tertiary/aromatic N) is 2. The van der Waals surface area contributed by atoms with Gasteiger partial charge in [0.2, 0.25) is 5.91 Å². The summed E-state index contributed by atoms with van der Waals surface area (Å²) in [6, 6.07) is 8.22. The van der Waals surface area contributed by atoms with E-state index in [-0.39, 0.29) is 12.0 Å². The van der Waals surface area contributed by atoms with Gasteiger partial charge in [0.25, 0.3) is 0 Å². The van der Waals surface area contributed by atoms with Crippen molar-refractivity contribution in [1.82, 2.24) is 9.80 Å². The molecule has 0 saturated carbocycles. The largest absolute Gasteiger partial charge is 0.371 e. The van der Waals surface area contributed by atoms with E-state index in [4.69, 9.17) is 4.74 Å². The third kappa shape index (κ3) is 3.22. The van der Waals surface area contributed by atoms with Gasteiger partial charge in [-0.25, -0.2) is 0 Å². The SMILES string of the molecule is O=C(CN1CCO[C@H](c2ccc(Br)cc2)C1)N1CCC1. The monoisotopic (exact) mass is 338 g/mol. The topological polar surface area (TPSA) is 32.8 Å². The Morgan fingerprint density at radius 1 is 1.25 bits per heavy atom. The van der Waals surface area contributed by atoms with E-state index in [1.54, 1.807) is 0 Å². The summed E-state index contributed by atoms with van der Waals surface area (Å²) in [5.41, 5.74) is 1.18. The Labute approximate surface area is 127 Å². The molecule has 1 amide bonds. The van der Waals surface area contributed by atoms with Gasteiger partial charge in [0.15, 0.2) is 0 Å². The minimum atomic E-state index is 0.0704. The summed E-state index contributed by atoms with van der Waals surface area (Å²) in [4.78, 5) is 16.2. The average molecular weight is 339 g/mol. The van der Waals surface area contributed by atoms with Crippen LogP contribution in [0, 0.1) is 0 Å². The fourth-order valence-electron chi connectivity index (χ4n) is 2.58. The predicted molar refractivity (Wildman–Crippen MR) is 80.5 cm³/mol. The van der Waals surface area contributed by atoms with Gasteiger partial charge in [0.1, 0.15) is 0 Å². The van der Waals surface area contributed by atoms with Crippen LogP contribution in [0.1, 0.15) is 18.1 Å². The van der Waals surface area contributed by atoms with Gasteiger partial charge in [-0.05, 0) is 24.1 Å². The molecule has 20 heavy (non-hydrogen) atoms. The van der Waals surface area contributed by atoms with Crippen molar-refractivity contribution in [1.29, 1.82) is 0 Å². The molecule has 2 aliphatic rings. The van der Waals surface area contributed by atoms with Crippen molar-refractivity contribution in [3.63, 3.8) is 0 Å². The summed E-state index contributed by atoms with van der Waals surface area (Å²) in [7, 11) is 0. The van der Waals surface area contributed by atoms with E-state index in [1.165, 1.54) is 5.56 Å². The number of amides is 1. The van der Waals surface area contributed by atoms with E-state index < -0.39 is 0 Å². The Kier molecular flexibility index (Phi) is 4.38. The third-order valence-corrected chi connectivity index (χ3v) is 4.49. The summed E-state index contributed by atoms with van der Waals surface area (Å²) >= 11 is 3.44. The van der Waals surface area contributed by atoms with Crippen LogP contribution in [-0.4, -0.2) is 55.0 Å². The first-order valence-corrected chi connectivity index (χ1v) is 7.89. The first kappa shape index (κ1) is 14.0. The Bertz CT molecular complexity index is 473. The lowest BCUT2D eigenvalue weighted by molar-refractivity contribution is -0.137. The number of likely N-dealkylation sites (tertiary alicyclic amines) is 1. The van der Waals surface area contributed by atoms with E-state index in [1.807, 2.05) is 17.0 Å². The molecular formula is C15H19BrN2O2. The van der Waals surface area contributed by atoms with E-state index in [0.29, 0.717) is 13.2 Å². The molecule has 0 N–H and O–H groups in total. The molecule has 1 atom stereocenters. The molecule has 1 aromatic carbocycles. The second-order valence-corrected chi connectivity index (χ2v) is 6.30. The molecule has 0 aromatic heterocycles. The van der Waals surface area contributed by atoms with Crippen molar-refractivity contribution in [2.45, 2.75) is 12.5 Å². The molecule has 0 radical (unpaired) electrons. The van der Waals surface area contributed by atoms with Crippen LogP contribution < -0.4 is 0 Å². The minimum Gasteiger partial charge on any atom is -0.371 e. The van der Waals surface area contributed by atoms with Crippen LogP contribution in [0.25, 0.3) is 0 Å². The molecule has 4 nitrogen and oxygen atoms in total. The van der Waals surface area contributed by atoms with Gasteiger partial charge >= 0.3 is 0 Å². The quantitative estimate of drug-likeness (QED) is 0.845. The number of carbonyl (C=O) groups is 1. The Hall–Kier alpha value is -0.910. The second kappa shape index (κ2) is 6.24. The van der Waals surface area contributed by atoms with Gasteiger partial charge in [-0.3, -0.25) is 9.69 Å². The van der Waals surface area contributed by atoms with Gasteiger partial charge in [-0.2, -0.15) is 0 Å². The van der Waals surface area contributed by atoms with E-state index >= 15 is 0 Å². The zero-order valence-electron chi connectivity index (χ0n) is 11.4. The van der Waals surface area contributed by atoms with Crippen LogP contribution in [0.3, 0.4) is 0 Å². The zero-order chi connectivity index (χ0) is 13.9. The molecule has 0 spiro atoms. The number of ether oxygens (including phenoxy) is 1. The van der Waals surface area contributed by atoms with Gasteiger partial charge < -0.3 is 9.64 Å². The fraction of sp³-hybridized carbons (Fsp3) is 0.533. The van der Waals surface area contributed by atoms with E-state index in [0.717, 1.165) is 37.1 Å². The molecular weight excluding hydrogens is 320 g/mol. The van der Waals surface area contributed by atoms with E-state index in [2.05, 4.69) is 33.0 Å². The predicted octanol–water partition coefficient (Wildman–Crippen LogP) is 2.05. The second-order valence-electron chi connectivity index (χ2n) is 5.38. The van der Waals surface area contributed by atoms with Crippen LogP contribution in [0.5, 0.6) is 0 Å². The highest BCUT2D eigenvalue weighted by molar-refractivity contribution is 9.10. The number of benzene rings is 1. The molecule has 108 valence electrons. The lowest BCUT2D eigenvalue weighted by atomic mass is 10.1. The Morgan fingerprint density at radius 3 is 2.65 bits per heavy atom. The average Bonchev–Trinajstić information content (AvgIpc) is 2.37. The van der Waals surface area contributed by atoms with Gasteiger partial charge in [0, 0.05) is 30.7 Å². The minimum absolute atomic E-state index is 0.0704. The van der Waals surface area contributed by atoms with Crippen LogP contribution in [0.2, 0.25) is 0 Å². The first-order valence-electron chi connectivity index (χ1n) is 7.09. The van der Waals surface area contributed by atoms with Crippen molar-refractivity contribution in [2.24, 2.45) is 0 Å². The lowest BCUT2D eigenvalue weighted by Gasteiger charge is -2.36. The number of morpholine rings is 1. The molecule has 2 fully saturated rings. The Morgan fingerprint density at radius 2 is 2.00 bits per heavy atom. The summed E-state index contributed by atoms with van der Waals surface area (Å²) < 4.78 is 6.91. The molecule has 1 aromatic rings. The normalized spacial score (nSPS) is 23.4. The van der Waals surface area contributed by atoms with Crippen molar-refractivity contribution in [3.05, 3.63) is 34.3 Å². The van der Waals surface area contributed by atoms with Gasteiger partial charge in [-0.1, -0.05) is 28.1 Å². The maximum atomic E-state index is 12.0. The third-order valence-electron chi connectivity index (χ3n) is 3.96. The molecule has 2 heterocycles. The molecule has 5 heteroatoms. The number of hydrogen-bond donors (Lipinski definition) is 0. The van der Waals surface area contributed by atoms with Crippen molar-refractivity contribution in [2.75, 3.05) is 39.3 Å². The van der Waals surface area contributed by atoms with Crippen LogP contribution >= 0.6 is 15.9 Å². The summed E-state index contributed by atoms with van der Waals surface area (Å²) in [6.45, 7) is 4.71. The van der Waals surface area contributed by atoms with Gasteiger partial charge in [-0.15, -0.1) is 0 Å². The lowest BCUT2D eigenvalue weighted by Crippen LogP contribution is -2.49. The summed E-state index contributed by atoms with van der Waals surface area (Å²) in [5.74, 6) is 0.257. The molecule has 3 rings (SSSR count). The highest BCUT2D eigenvalue weighted by atomic mass is 79.9. The maximum absolute atomic E-state index is 12.0.